The van der Waals surface area contributed by atoms with Crippen molar-refractivity contribution in [2.45, 2.75) is 32.4 Å². The number of piperidine rings is 1. The third-order valence-corrected chi connectivity index (χ3v) is 4.99. The zero-order chi connectivity index (χ0) is 18.1. The average Bonchev–Trinajstić information content (AvgIpc) is 2.53. The monoisotopic (exact) mass is 352 g/mol. The summed E-state index contributed by atoms with van der Waals surface area (Å²) >= 11 is 0. The Hall–Kier alpha value is -1.89. The Kier molecular flexibility index (Phi) is 4.86. The van der Waals surface area contributed by atoms with Crippen molar-refractivity contribution in [1.82, 2.24) is 15.2 Å². The molecule has 2 aliphatic heterocycles. The number of alkyl halides is 3. The second-order valence-corrected chi connectivity index (χ2v) is 6.95. The number of aliphatic imine (C=N–C) groups is 1. The van der Waals surface area contributed by atoms with Crippen LogP contribution in [0.25, 0.3) is 5.70 Å². The van der Waals surface area contributed by atoms with Crippen LogP contribution in [-0.4, -0.2) is 48.5 Å². The quantitative estimate of drug-likeness (QED) is 0.843. The molecule has 0 aliphatic carbocycles. The van der Waals surface area contributed by atoms with Gasteiger partial charge in [0.1, 0.15) is 0 Å². The number of pyridine rings is 1. The predicted molar refractivity (Wildman–Crippen MR) is 93.0 cm³/mol. The molecule has 4 nitrogen and oxygen atoms in total. The lowest BCUT2D eigenvalue weighted by Crippen LogP contribution is -2.58. The largest absolute Gasteiger partial charge is 0.393 e. The summed E-state index contributed by atoms with van der Waals surface area (Å²) in [6.07, 6.45) is -0.159. The Morgan fingerprint density at radius 1 is 1.40 bits per heavy atom. The molecule has 1 aromatic rings. The van der Waals surface area contributed by atoms with E-state index < -0.39 is 12.6 Å². The van der Waals surface area contributed by atoms with Gasteiger partial charge >= 0.3 is 6.18 Å². The van der Waals surface area contributed by atoms with E-state index in [9.17, 15) is 13.2 Å². The van der Waals surface area contributed by atoms with Crippen LogP contribution in [0.4, 0.5) is 19.0 Å². The van der Waals surface area contributed by atoms with Crippen LogP contribution >= 0.6 is 0 Å². The minimum atomic E-state index is -4.26. The molecule has 0 unspecified atom stereocenters. The number of likely N-dealkylation sites (tertiary alicyclic amines) is 1. The van der Waals surface area contributed by atoms with Crippen LogP contribution in [0.3, 0.4) is 0 Å². The molecule has 3 heterocycles. The molecular formula is C18H23F3N4. The smallest absolute Gasteiger partial charge is 0.370 e. The number of hydrogen-bond donors (Lipinski definition) is 1. The van der Waals surface area contributed by atoms with Crippen molar-refractivity contribution >= 4 is 17.7 Å². The van der Waals surface area contributed by atoms with Gasteiger partial charge in [-0.3, -0.25) is 0 Å². The first-order valence-corrected chi connectivity index (χ1v) is 8.51. The molecule has 0 amide bonds. The molecule has 3 rings (SSSR count). The topological polar surface area (TPSA) is 40.5 Å². The molecule has 25 heavy (non-hydrogen) atoms. The number of aromatic nitrogens is 1. The maximum Gasteiger partial charge on any atom is 0.393 e. The highest BCUT2D eigenvalue weighted by Gasteiger charge is 2.44. The van der Waals surface area contributed by atoms with Gasteiger partial charge in [-0.15, -0.1) is 0 Å². The zero-order valence-corrected chi connectivity index (χ0v) is 14.4. The van der Waals surface area contributed by atoms with E-state index in [1.54, 1.807) is 13.1 Å². The standard InChI is InChI=1S/C18H23F3N4/c1-3-23-16-15(8-14(10-24-16)9-18(19,20)21)13(2)25-11-17(12-25)4-6-22-7-5-17/h3,8,10,22H,2,4-7,9,11-12H2,1H3. The van der Waals surface area contributed by atoms with Gasteiger partial charge in [0.2, 0.25) is 0 Å². The van der Waals surface area contributed by atoms with Crippen molar-refractivity contribution in [3.05, 3.63) is 30.0 Å². The predicted octanol–water partition coefficient (Wildman–Crippen LogP) is 3.56. The maximum atomic E-state index is 12.7. The summed E-state index contributed by atoms with van der Waals surface area (Å²) in [6.45, 7) is 9.71. The molecule has 1 N–H and O–H groups in total. The number of nitrogens with one attached hydrogen (secondary N) is 1. The molecule has 136 valence electrons. The van der Waals surface area contributed by atoms with Crippen LogP contribution < -0.4 is 5.32 Å². The highest BCUT2D eigenvalue weighted by molar-refractivity contribution is 5.73. The van der Waals surface area contributed by atoms with Crippen LogP contribution in [0, 0.1) is 5.41 Å². The SMILES string of the molecule is C=C(c1cc(CC(F)(F)F)cnc1N=CC)N1CC2(CCNCC2)C1. The fourth-order valence-electron chi connectivity index (χ4n) is 3.66. The minimum Gasteiger partial charge on any atom is -0.370 e. The summed E-state index contributed by atoms with van der Waals surface area (Å²) in [5, 5.41) is 3.36. The van der Waals surface area contributed by atoms with Gasteiger partial charge in [-0.05, 0) is 44.5 Å². The first kappa shape index (κ1) is 17.9. The molecule has 0 aromatic carbocycles. The molecule has 2 aliphatic rings. The Balaban J connectivity index is 1.79. The van der Waals surface area contributed by atoms with Gasteiger partial charge in [-0.25, -0.2) is 9.98 Å². The van der Waals surface area contributed by atoms with Crippen LogP contribution in [-0.2, 0) is 6.42 Å². The maximum absolute atomic E-state index is 12.7. The lowest BCUT2D eigenvalue weighted by atomic mass is 9.72. The van der Waals surface area contributed by atoms with E-state index in [1.165, 1.54) is 12.3 Å². The van der Waals surface area contributed by atoms with Crippen molar-refractivity contribution < 1.29 is 13.2 Å². The van der Waals surface area contributed by atoms with Crippen LogP contribution in [0.2, 0.25) is 0 Å². The Labute approximate surface area is 145 Å². The van der Waals surface area contributed by atoms with Gasteiger partial charge in [-0.1, -0.05) is 6.58 Å². The van der Waals surface area contributed by atoms with Crippen LogP contribution in [0.5, 0.6) is 0 Å². The summed E-state index contributed by atoms with van der Waals surface area (Å²) in [5.41, 5.74) is 1.75. The number of rotatable bonds is 4. The molecule has 1 spiro atoms. The zero-order valence-electron chi connectivity index (χ0n) is 14.4. The van der Waals surface area contributed by atoms with E-state index in [2.05, 4.69) is 26.8 Å². The molecule has 0 bridgehead atoms. The lowest BCUT2D eigenvalue weighted by molar-refractivity contribution is -0.127. The van der Waals surface area contributed by atoms with E-state index in [1.807, 2.05) is 0 Å². The van der Waals surface area contributed by atoms with Gasteiger partial charge in [-0.2, -0.15) is 13.2 Å². The molecular weight excluding hydrogens is 329 g/mol. The highest BCUT2D eigenvalue weighted by atomic mass is 19.4. The third-order valence-electron chi connectivity index (χ3n) is 4.99. The first-order chi connectivity index (χ1) is 11.8. The van der Waals surface area contributed by atoms with Crippen LogP contribution in [0.1, 0.15) is 30.9 Å². The van der Waals surface area contributed by atoms with Crippen molar-refractivity contribution in [2.75, 3.05) is 26.2 Å². The summed E-state index contributed by atoms with van der Waals surface area (Å²) in [5.74, 6) is 0.421. The number of halogens is 3. The van der Waals surface area contributed by atoms with E-state index in [-0.39, 0.29) is 5.56 Å². The molecule has 2 fully saturated rings. The lowest BCUT2D eigenvalue weighted by Gasteiger charge is -2.54. The molecule has 0 saturated carbocycles. The summed E-state index contributed by atoms with van der Waals surface area (Å²) in [7, 11) is 0. The summed E-state index contributed by atoms with van der Waals surface area (Å²) in [4.78, 5) is 10.5. The van der Waals surface area contributed by atoms with Gasteiger partial charge in [0.25, 0.3) is 0 Å². The van der Waals surface area contributed by atoms with Gasteiger partial charge in [0.05, 0.1) is 6.42 Å². The third kappa shape index (κ3) is 4.03. The van der Waals surface area contributed by atoms with Gasteiger partial charge in [0, 0.05) is 42.2 Å². The average molecular weight is 352 g/mol. The summed E-state index contributed by atoms with van der Waals surface area (Å²) in [6, 6.07) is 1.53. The number of nitrogens with zero attached hydrogens (tertiary/aromatic N) is 3. The van der Waals surface area contributed by atoms with E-state index in [0.717, 1.165) is 39.0 Å². The molecule has 0 radical (unpaired) electrons. The first-order valence-electron chi connectivity index (χ1n) is 8.51. The van der Waals surface area contributed by atoms with Gasteiger partial charge in [0.15, 0.2) is 5.82 Å². The highest BCUT2D eigenvalue weighted by Crippen LogP contribution is 2.43. The van der Waals surface area contributed by atoms with Crippen molar-refractivity contribution in [2.24, 2.45) is 10.4 Å². The van der Waals surface area contributed by atoms with Crippen molar-refractivity contribution in [1.29, 1.82) is 0 Å². The Bertz CT molecular complexity index is 667. The van der Waals surface area contributed by atoms with E-state index in [0.29, 0.717) is 22.5 Å². The van der Waals surface area contributed by atoms with E-state index in [4.69, 9.17) is 0 Å². The van der Waals surface area contributed by atoms with Crippen molar-refractivity contribution in [3.8, 4) is 0 Å². The Morgan fingerprint density at radius 3 is 2.68 bits per heavy atom. The number of hydrogen-bond acceptors (Lipinski definition) is 4. The molecule has 1 aromatic heterocycles. The normalized spacial score (nSPS) is 20.1. The molecule has 7 heteroatoms. The fraction of sp³-hybridized carbons (Fsp3) is 0.556. The van der Waals surface area contributed by atoms with Gasteiger partial charge < -0.3 is 10.2 Å². The summed E-state index contributed by atoms with van der Waals surface area (Å²) < 4.78 is 38.1. The molecule has 2 saturated heterocycles. The Morgan fingerprint density at radius 2 is 2.08 bits per heavy atom. The van der Waals surface area contributed by atoms with Crippen LogP contribution in [0.15, 0.2) is 23.8 Å². The van der Waals surface area contributed by atoms with Crippen molar-refractivity contribution in [3.63, 3.8) is 0 Å². The second kappa shape index (κ2) is 6.78. The molecule has 0 atom stereocenters. The van der Waals surface area contributed by atoms with E-state index >= 15 is 0 Å². The fourth-order valence-corrected chi connectivity index (χ4v) is 3.66. The second-order valence-electron chi connectivity index (χ2n) is 6.95. The minimum absolute atomic E-state index is 0.135.